The van der Waals surface area contributed by atoms with Crippen LogP contribution in [0.3, 0.4) is 0 Å². The molecule has 1 aromatic carbocycles. The molecular weight excluding hydrogens is 374 g/mol. The van der Waals surface area contributed by atoms with Crippen molar-refractivity contribution in [2.24, 2.45) is 0 Å². The van der Waals surface area contributed by atoms with Gasteiger partial charge in [-0.25, -0.2) is 9.59 Å². The zero-order chi connectivity index (χ0) is 20.0. The number of rotatable bonds is 8. The Morgan fingerprint density at radius 3 is 2.41 bits per heavy atom. The van der Waals surface area contributed by atoms with E-state index < -0.39 is 24.3 Å². The standard InChI is InChI=1S/C19H20ClNO6/c1-4-25-19(24)18-12(3)21-11(2)17(18)15(22)9-27-16(23)10-26-14-7-5-6-13(20)8-14/h5-8,21H,4,9-10H2,1-3H3. The molecule has 1 heterocycles. The summed E-state index contributed by atoms with van der Waals surface area (Å²) in [4.78, 5) is 39.3. The first kappa shape index (κ1) is 20.5. The Kier molecular flexibility index (Phi) is 7.01. The summed E-state index contributed by atoms with van der Waals surface area (Å²) in [6.07, 6.45) is 0. The van der Waals surface area contributed by atoms with Crippen LogP contribution in [0.5, 0.6) is 5.75 Å². The molecule has 0 fully saturated rings. The number of hydrogen-bond donors (Lipinski definition) is 1. The lowest BCUT2D eigenvalue weighted by Gasteiger charge is -2.08. The molecular formula is C19H20ClNO6. The monoisotopic (exact) mass is 393 g/mol. The van der Waals surface area contributed by atoms with Crippen molar-refractivity contribution in [2.45, 2.75) is 20.8 Å². The van der Waals surface area contributed by atoms with Crippen LogP contribution in [0.15, 0.2) is 24.3 Å². The molecule has 27 heavy (non-hydrogen) atoms. The van der Waals surface area contributed by atoms with Gasteiger partial charge in [-0.05, 0) is 39.0 Å². The second kappa shape index (κ2) is 9.23. The van der Waals surface area contributed by atoms with Gasteiger partial charge in [0.15, 0.2) is 13.2 Å². The molecule has 0 amide bonds. The van der Waals surface area contributed by atoms with E-state index in [-0.39, 0.29) is 24.3 Å². The maximum absolute atomic E-state index is 12.5. The molecule has 0 unspecified atom stereocenters. The summed E-state index contributed by atoms with van der Waals surface area (Å²) < 4.78 is 15.2. The van der Waals surface area contributed by atoms with Crippen LogP contribution >= 0.6 is 11.6 Å². The summed E-state index contributed by atoms with van der Waals surface area (Å²) in [7, 11) is 0. The van der Waals surface area contributed by atoms with E-state index in [1.165, 1.54) is 0 Å². The predicted octanol–water partition coefficient (Wildman–Crippen LogP) is 3.27. The van der Waals surface area contributed by atoms with Gasteiger partial charge in [0.1, 0.15) is 5.75 Å². The quantitative estimate of drug-likeness (QED) is 0.546. The van der Waals surface area contributed by atoms with Gasteiger partial charge in [-0.1, -0.05) is 17.7 Å². The van der Waals surface area contributed by atoms with Crippen molar-refractivity contribution in [3.8, 4) is 5.75 Å². The lowest BCUT2D eigenvalue weighted by molar-refractivity contribution is -0.144. The number of esters is 2. The predicted molar refractivity (Wildman–Crippen MR) is 98.5 cm³/mol. The van der Waals surface area contributed by atoms with Gasteiger partial charge in [0.05, 0.1) is 17.7 Å². The third-order valence-corrected chi connectivity index (χ3v) is 3.89. The Bertz CT molecular complexity index is 858. The number of halogens is 1. The Hall–Kier alpha value is -2.80. The normalized spacial score (nSPS) is 10.4. The maximum Gasteiger partial charge on any atom is 0.344 e. The zero-order valence-corrected chi connectivity index (χ0v) is 16.0. The second-order valence-corrected chi connectivity index (χ2v) is 6.11. The number of ether oxygens (including phenoxy) is 3. The number of aromatic nitrogens is 1. The van der Waals surface area contributed by atoms with Crippen molar-refractivity contribution in [3.05, 3.63) is 51.8 Å². The molecule has 1 N–H and O–H groups in total. The van der Waals surface area contributed by atoms with Crippen LogP contribution in [-0.2, 0) is 14.3 Å². The summed E-state index contributed by atoms with van der Waals surface area (Å²) in [6, 6.07) is 6.55. The number of Topliss-reactive ketones (excluding diaryl/α,β-unsaturated/α-hetero) is 1. The molecule has 0 atom stereocenters. The molecule has 0 saturated carbocycles. The number of benzene rings is 1. The van der Waals surface area contributed by atoms with E-state index in [1.54, 1.807) is 45.0 Å². The van der Waals surface area contributed by atoms with E-state index in [1.807, 2.05) is 0 Å². The number of carbonyl (C=O) groups excluding carboxylic acids is 3. The Morgan fingerprint density at radius 2 is 1.74 bits per heavy atom. The van der Waals surface area contributed by atoms with Crippen molar-refractivity contribution < 1.29 is 28.6 Å². The van der Waals surface area contributed by atoms with Crippen molar-refractivity contribution in [3.63, 3.8) is 0 Å². The molecule has 2 rings (SSSR count). The SMILES string of the molecule is CCOC(=O)c1c(C)[nH]c(C)c1C(=O)COC(=O)COc1cccc(Cl)c1. The smallest absolute Gasteiger partial charge is 0.344 e. The highest BCUT2D eigenvalue weighted by molar-refractivity contribution is 6.30. The van der Waals surface area contributed by atoms with Gasteiger partial charge in [0.25, 0.3) is 0 Å². The lowest BCUT2D eigenvalue weighted by Crippen LogP contribution is -2.21. The van der Waals surface area contributed by atoms with Gasteiger partial charge in [0, 0.05) is 16.4 Å². The minimum atomic E-state index is -0.717. The van der Waals surface area contributed by atoms with E-state index in [9.17, 15) is 14.4 Å². The van der Waals surface area contributed by atoms with Crippen LogP contribution in [0.1, 0.15) is 39.0 Å². The fourth-order valence-electron chi connectivity index (χ4n) is 2.55. The van der Waals surface area contributed by atoms with Gasteiger partial charge < -0.3 is 19.2 Å². The van der Waals surface area contributed by atoms with E-state index in [2.05, 4.69) is 4.98 Å². The molecule has 0 radical (unpaired) electrons. The highest BCUT2D eigenvalue weighted by Crippen LogP contribution is 2.20. The molecule has 0 aliphatic carbocycles. The second-order valence-electron chi connectivity index (χ2n) is 5.68. The minimum Gasteiger partial charge on any atom is -0.482 e. The summed E-state index contributed by atoms with van der Waals surface area (Å²) in [5.41, 5.74) is 1.34. The van der Waals surface area contributed by atoms with Crippen LogP contribution < -0.4 is 4.74 Å². The third-order valence-electron chi connectivity index (χ3n) is 3.65. The molecule has 1 aromatic heterocycles. The number of H-pyrrole nitrogens is 1. The summed E-state index contributed by atoms with van der Waals surface area (Å²) in [5, 5.41) is 0.473. The van der Waals surface area contributed by atoms with Gasteiger partial charge in [-0.2, -0.15) is 0 Å². The Labute approximate surface area is 161 Å². The van der Waals surface area contributed by atoms with Gasteiger partial charge in [-0.3, -0.25) is 4.79 Å². The number of hydrogen-bond acceptors (Lipinski definition) is 6. The van der Waals surface area contributed by atoms with Crippen LogP contribution in [0.4, 0.5) is 0 Å². The first-order chi connectivity index (χ1) is 12.8. The molecule has 2 aromatic rings. The lowest BCUT2D eigenvalue weighted by atomic mass is 10.1. The van der Waals surface area contributed by atoms with Gasteiger partial charge in [-0.15, -0.1) is 0 Å². The van der Waals surface area contributed by atoms with Crippen molar-refractivity contribution in [2.75, 3.05) is 19.8 Å². The average molecular weight is 394 g/mol. The Balaban J connectivity index is 1.97. The first-order valence-electron chi connectivity index (χ1n) is 8.27. The van der Waals surface area contributed by atoms with E-state index in [0.717, 1.165) is 0 Å². The average Bonchev–Trinajstić information content (AvgIpc) is 2.92. The van der Waals surface area contributed by atoms with E-state index in [0.29, 0.717) is 22.2 Å². The van der Waals surface area contributed by atoms with Gasteiger partial charge in [0.2, 0.25) is 5.78 Å². The summed E-state index contributed by atoms with van der Waals surface area (Å²) in [5.74, 6) is -1.41. The van der Waals surface area contributed by atoms with E-state index in [4.69, 9.17) is 25.8 Å². The molecule has 0 saturated heterocycles. The number of aromatic amines is 1. The molecule has 0 aliphatic heterocycles. The molecule has 7 nitrogen and oxygen atoms in total. The fourth-order valence-corrected chi connectivity index (χ4v) is 2.73. The molecule has 144 valence electrons. The van der Waals surface area contributed by atoms with Crippen LogP contribution in [0.25, 0.3) is 0 Å². The molecule has 0 bridgehead atoms. The fraction of sp³-hybridized carbons (Fsp3) is 0.316. The van der Waals surface area contributed by atoms with Crippen molar-refractivity contribution in [1.29, 1.82) is 0 Å². The molecule has 8 heteroatoms. The molecule has 0 spiro atoms. The molecule has 0 aliphatic rings. The highest BCUT2D eigenvalue weighted by atomic mass is 35.5. The first-order valence-corrected chi connectivity index (χ1v) is 8.64. The number of nitrogens with one attached hydrogen (secondary N) is 1. The third kappa shape index (κ3) is 5.34. The zero-order valence-electron chi connectivity index (χ0n) is 15.3. The summed E-state index contributed by atoms with van der Waals surface area (Å²) in [6.45, 7) is 4.31. The van der Waals surface area contributed by atoms with E-state index >= 15 is 0 Å². The highest BCUT2D eigenvalue weighted by Gasteiger charge is 2.26. The minimum absolute atomic E-state index is 0.158. The van der Waals surface area contributed by atoms with Crippen molar-refractivity contribution in [1.82, 2.24) is 4.98 Å². The largest absolute Gasteiger partial charge is 0.482 e. The number of aryl methyl sites for hydroxylation is 2. The topological polar surface area (TPSA) is 94.7 Å². The van der Waals surface area contributed by atoms with Crippen LogP contribution in [0.2, 0.25) is 5.02 Å². The van der Waals surface area contributed by atoms with Gasteiger partial charge >= 0.3 is 11.9 Å². The maximum atomic E-state index is 12.5. The number of ketones is 1. The Morgan fingerprint density at radius 1 is 1.04 bits per heavy atom. The van der Waals surface area contributed by atoms with Crippen molar-refractivity contribution >= 4 is 29.3 Å². The van der Waals surface area contributed by atoms with Crippen LogP contribution in [0, 0.1) is 13.8 Å². The number of carbonyl (C=O) groups is 3. The summed E-state index contributed by atoms with van der Waals surface area (Å²) >= 11 is 5.83. The van der Waals surface area contributed by atoms with Crippen LogP contribution in [-0.4, -0.2) is 42.5 Å².